The number of carbonyl (C=O) groups is 2. The molecule has 0 aromatic heterocycles. The van der Waals surface area contributed by atoms with Gasteiger partial charge >= 0.3 is 0 Å². The first kappa shape index (κ1) is 15.7. The van der Waals surface area contributed by atoms with Crippen molar-refractivity contribution in [3.63, 3.8) is 0 Å². The first-order valence-electron chi connectivity index (χ1n) is 8.28. The minimum atomic E-state index is 0.111. The molecular formula is C21H22O2. The number of hydrogen-bond donors (Lipinski definition) is 0. The number of Topliss-reactive ketones (excluding diaryl/α,β-unsaturated/α-hetero) is 2. The quantitative estimate of drug-likeness (QED) is 0.733. The smallest absolute Gasteiger partial charge is 0.159 e. The predicted molar refractivity (Wildman–Crippen MR) is 92.2 cm³/mol. The average molecular weight is 306 g/mol. The van der Waals surface area contributed by atoms with E-state index < -0.39 is 0 Å². The van der Waals surface area contributed by atoms with Crippen molar-refractivity contribution in [1.29, 1.82) is 0 Å². The molecule has 2 nitrogen and oxygen atoms in total. The van der Waals surface area contributed by atoms with E-state index in [2.05, 4.69) is 24.3 Å². The standard InChI is InChI=1S/C21H22O2/c1-14(22)16-6-10-18(11-7-16)20-4-3-5-21(20)19-12-8-17(9-13-19)15(2)23/h6-13,20-21H,3-5H2,1-2H3. The van der Waals surface area contributed by atoms with Gasteiger partial charge in [0.05, 0.1) is 0 Å². The third-order valence-electron chi connectivity index (χ3n) is 5.01. The van der Waals surface area contributed by atoms with Crippen molar-refractivity contribution in [2.24, 2.45) is 0 Å². The number of carbonyl (C=O) groups excluding carboxylic acids is 2. The van der Waals surface area contributed by atoms with Crippen LogP contribution in [0.15, 0.2) is 48.5 Å². The largest absolute Gasteiger partial charge is 0.295 e. The second kappa shape index (κ2) is 6.49. The summed E-state index contributed by atoms with van der Waals surface area (Å²) < 4.78 is 0. The lowest BCUT2D eigenvalue weighted by Crippen LogP contribution is -2.06. The SMILES string of the molecule is CC(=O)c1ccc(C2CCCC2c2ccc(C(C)=O)cc2)cc1. The average Bonchev–Trinajstić information content (AvgIpc) is 3.04. The summed E-state index contributed by atoms with van der Waals surface area (Å²) in [4.78, 5) is 22.8. The van der Waals surface area contributed by atoms with Gasteiger partial charge in [-0.2, -0.15) is 0 Å². The van der Waals surface area contributed by atoms with Gasteiger partial charge in [-0.15, -0.1) is 0 Å². The van der Waals surface area contributed by atoms with Crippen LogP contribution >= 0.6 is 0 Å². The fourth-order valence-corrected chi connectivity index (χ4v) is 3.69. The maximum absolute atomic E-state index is 11.4. The highest BCUT2D eigenvalue weighted by atomic mass is 16.1. The van der Waals surface area contributed by atoms with Crippen LogP contribution in [0.4, 0.5) is 0 Å². The molecule has 23 heavy (non-hydrogen) atoms. The zero-order valence-corrected chi connectivity index (χ0v) is 13.7. The van der Waals surface area contributed by atoms with Crippen molar-refractivity contribution in [2.75, 3.05) is 0 Å². The van der Waals surface area contributed by atoms with Gasteiger partial charge < -0.3 is 0 Å². The monoisotopic (exact) mass is 306 g/mol. The number of hydrogen-bond acceptors (Lipinski definition) is 2. The molecule has 0 aliphatic heterocycles. The van der Waals surface area contributed by atoms with Crippen LogP contribution in [0.25, 0.3) is 0 Å². The maximum Gasteiger partial charge on any atom is 0.159 e. The first-order chi connectivity index (χ1) is 11.1. The summed E-state index contributed by atoms with van der Waals surface area (Å²) in [7, 11) is 0. The molecule has 2 aromatic rings. The lowest BCUT2D eigenvalue weighted by atomic mass is 9.83. The van der Waals surface area contributed by atoms with E-state index in [0.717, 1.165) is 11.1 Å². The van der Waals surface area contributed by atoms with Crippen LogP contribution < -0.4 is 0 Å². The molecule has 0 amide bonds. The molecule has 0 saturated heterocycles. The molecule has 1 fully saturated rings. The van der Waals surface area contributed by atoms with Gasteiger partial charge in [-0.05, 0) is 49.7 Å². The molecule has 2 aromatic carbocycles. The van der Waals surface area contributed by atoms with Crippen molar-refractivity contribution >= 4 is 11.6 Å². The summed E-state index contributed by atoms with van der Waals surface area (Å²) in [6.07, 6.45) is 3.58. The molecule has 0 heterocycles. The zero-order chi connectivity index (χ0) is 16.4. The van der Waals surface area contributed by atoms with Gasteiger partial charge in [-0.1, -0.05) is 55.0 Å². The molecule has 118 valence electrons. The lowest BCUT2D eigenvalue weighted by molar-refractivity contribution is 0.100. The van der Waals surface area contributed by atoms with E-state index in [9.17, 15) is 9.59 Å². The molecule has 1 saturated carbocycles. The van der Waals surface area contributed by atoms with Gasteiger partial charge in [0, 0.05) is 11.1 Å². The Morgan fingerprint density at radius 1 is 0.696 bits per heavy atom. The molecule has 0 radical (unpaired) electrons. The topological polar surface area (TPSA) is 34.1 Å². The Balaban J connectivity index is 1.84. The lowest BCUT2D eigenvalue weighted by Gasteiger charge is -2.21. The minimum Gasteiger partial charge on any atom is -0.295 e. The fraction of sp³-hybridized carbons (Fsp3) is 0.333. The third kappa shape index (κ3) is 3.26. The Bertz CT molecular complexity index is 647. The van der Waals surface area contributed by atoms with Crippen molar-refractivity contribution in [2.45, 2.75) is 44.9 Å². The van der Waals surface area contributed by atoms with E-state index in [-0.39, 0.29) is 11.6 Å². The normalized spacial score (nSPS) is 20.4. The van der Waals surface area contributed by atoms with E-state index in [1.54, 1.807) is 13.8 Å². The van der Waals surface area contributed by atoms with Gasteiger partial charge in [0.2, 0.25) is 0 Å². The molecule has 1 aliphatic carbocycles. The second-order valence-corrected chi connectivity index (χ2v) is 6.50. The Morgan fingerprint density at radius 2 is 1.04 bits per heavy atom. The van der Waals surface area contributed by atoms with Crippen LogP contribution in [-0.2, 0) is 0 Å². The van der Waals surface area contributed by atoms with Crippen molar-refractivity contribution in [1.82, 2.24) is 0 Å². The van der Waals surface area contributed by atoms with E-state index in [0.29, 0.717) is 11.8 Å². The number of rotatable bonds is 4. The van der Waals surface area contributed by atoms with Crippen molar-refractivity contribution in [3.05, 3.63) is 70.8 Å². The zero-order valence-electron chi connectivity index (χ0n) is 13.7. The maximum atomic E-state index is 11.4. The molecule has 0 bridgehead atoms. The van der Waals surface area contributed by atoms with E-state index >= 15 is 0 Å². The van der Waals surface area contributed by atoms with Gasteiger partial charge in [-0.25, -0.2) is 0 Å². The van der Waals surface area contributed by atoms with Crippen LogP contribution in [0.2, 0.25) is 0 Å². The summed E-state index contributed by atoms with van der Waals surface area (Å²) in [5.41, 5.74) is 4.17. The van der Waals surface area contributed by atoms with Gasteiger partial charge in [0.25, 0.3) is 0 Å². The summed E-state index contributed by atoms with van der Waals surface area (Å²) in [5, 5.41) is 0. The Labute approximate surface area is 137 Å². The van der Waals surface area contributed by atoms with E-state index in [4.69, 9.17) is 0 Å². The second-order valence-electron chi connectivity index (χ2n) is 6.50. The molecule has 0 N–H and O–H groups in total. The molecule has 0 spiro atoms. The van der Waals surface area contributed by atoms with Gasteiger partial charge in [0.15, 0.2) is 11.6 Å². The van der Waals surface area contributed by atoms with Crippen molar-refractivity contribution in [3.8, 4) is 0 Å². The molecule has 3 rings (SSSR count). The predicted octanol–water partition coefficient (Wildman–Crippen LogP) is 5.14. The summed E-state index contributed by atoms with van der Waals surface area (Å²) >= 11 is 0. The van der Waals surface area contributed by atoms with Crippen LogP contribution in [0.3, 0.4) is 0 Å². The van der Waals surface area contributed by atoms with E-state index in [1.807, 2.05) is 24.3 Å². The van der Waals surface area contributed by atoms with Crippen LogP contribution in [-0.4, -0.2) is 11.6 Å². The molecule has 1 aliphatic rings. The molecule has 2 heteroatoms. The molecule has 2 atom stereocenters. The third-order valence-corrected chi connectivity index (χ3v) is 5.01. The number of ketones is 2. The molecular weight excluding hydrogens is 284 g/mol. The molecule has 2 unspecified atom stereocenters. The first-order valence-corrected chi connectivity index (χ1v) is 8.28. The Morgan fingerprint density at radius 3 is 1.35 bits per heavy atom. The highest BCUT2D eigenvalue weighted by molar-refractivity contribution is 5.94. The fourth-order valence-electron chi connectivity index (χ4n) is 3.69. The summed E-state index contributed by atoms with van der Waals surface area (Å²) in [6.45, 7) is 3.20. The van der Waals surface area contributed by atoms with Crippen LogP contribution in [0.5, 0.6) is 0 Å². The van der Waals surface area contributed by atoms with Gasteiger partial charge in [0.1, 0.15) is 0 Å². The Kier molecular flexibility index (Phi) is 4.42. The van der Waals surface area contributed by atoms with Crippen LogP contribution in [0.1, 0.15) is 76.8 Å². The van der Waals surface area contributed by atoms with Crippen molar-refractivity contribution < 1.29 is 9.59 Å². The number of benzene rings is 2. The van der Waals surface area contributed by atoms with Crippen LogP contribution in [0, 0.1) is 0 Å². The van der Waals surface area contributed by atoms with Gasteiger partial charge in [-0.3, -0.25) is 9.59 Å². The summed E-state index contributed by atoms with van der Waals surface area (Å²) in [5.74, 6) is 1.22. The minimum absolute atomic E-state index is 0.111. The highest BCUT2D eigenvalue weighted by Crippen LogP contribution is 2.45. The summed E-state index contributed by atoms with van der Waals surface area (Å²) in [6, 6.07) is 16.1. The van der Waals surface area contributed by atoms with E-state index in [1.165, 1.54) is 30.4 Å². The highest BCUT2D eigenvalue weighted by Gasteiger charge is 2.29. The Hall–Kier alpha value is -2.22.